The zero-order valence-electron chi connectivity index (χ0n) is 12.4. The van der Waals surface area contributed by atoms with Gasteiger partial charge in [-0.3, -0.25) is 0 Å². The van der Waals surface area contributed by atoms with E-state index in [1.807, 2.05) is 0 Å². The van der Waals surface area contributed by atoms with Gasteiger partial charge in [-0.1, -0.05) is 29.8 Å². The van der Waals surface area contributed by atoms with Crippen molar-refractivity contribution in [3.63, 3.8) is 0 Å². The topological polar surface area (TPSA) is 21.3 Å². The number of halogens is 2. The molecule has 1 aliphatic rings. The predicted octanol–water partition coefficient (Wildman–Crippen LogP) is 3.92. The van der Waals surface area contributed by atoms with Crippen LogP contribution in [-0.2, 0) is 11.2 Å². The number of ether oxygens (including phenoxy) is 1. The lowest BCUT2D eigenvalue weighted by Crippen LogP contribution is -2.43. The highest BCUT2D eigenvalue weighted by Crippen LogP contribution is 2.39. The molecule has 1 aromatic rings. The minimum absolute atomic E-state index is 0.0422. The minimum Gasteiger partial charge on any atom is -0.378 e. The lowest BCUT2D eigenvalue weighted by Gasteiger charge is -2.34. The first-order valence-electron chi connectivity index (χ1n) is 7.22. The van der Waals surface area contributed by atoms with Crippen molar-refractivity contribution in [3.05, 3.63) is 34.1 Å². The number of nitrogens with one attached hydrogen (secondary N) is 1. The van der Waals surface area contributed by atoms with E-state index in [4.69, 9.17) is 4.74 Å². The first-order chi connectivity index (χ1) is 9.43. The fourth-order valence-electron chi connectivity index (χ4n) is 2.81. The van der Waals surface area contributed by atoms with E-state index in [0.717, 1.165) is 36.0 Å². The molecule has 0 amide bonds. The van der Waals surface area contributed by atoms with Crippen LogP contribution in [0.4, 0.5) is 4.39 Å². The summed E-state index contributed by atoms with van der Waals surface area (Å²) in [6.45, 7) is 8.10. The summed E-state index contributed by atoms with van der Waals surface area (Å²) in [5, 5.41) is 3.52. The van der Waals surface area contributed by atoms with Crippen molar-refractivity contribution in [2.75, 3.05) is 13.2 Å². The van der Waals surface area contributed by atoms with Crippen molar-refractivity contribution in [1.29, 1.82) is 0 Å². The zero-order valence-corrected chi connectivity index (χ0v) is 14.0. The van der Waals surface area contributed by atoms with Gasteiger partial charge in [0.1, 0.15) is 5.82 Å². The quantitative estimate of drug-likeness (QED) is 0.874. The van der Waals surface area contributed by atoms with Crippen LogP contribution in [0.5, 0.6) is 0 Å². The smallest absolute Gasteiger partial charge is 0.123 e. The highest BCUT2D eigenvalue weighted by atomic mass is 79.9. The molecule has 2 rings (SSSR count). The van der Waals surface area contributed by atoms with Gasteiger partial charge in [-0.25, -0.2) is 4.39 Å². The molecule has 2 unspecified atom stereocenters. The summed E-state index contributed by atoms with van der Waals surface area (Å²) in [4.78, 5) is 0. The van der Waals surface area contributed by atoms with Crippen LogP contribution in [0.3, 0.4) is 0 Å². The standard InChI is InChI=1S/C16H23BrFNO/c1-11(2)19-10-16(6-7-20-12(16)3)9-13-8-14(18)4-5-15(13)17/h4-5,8,11-12,19H,6-7,9-10H2,1-3H3. The molecule has 0 saturated carbocycles. The lowest BCUT2D eigenvalue weighted by molar-refractivity contribution is 0.0619. The highest BCUT2D eigenvalue weighted by molar-refractivity contribution is 9.10. The first kappa shape index (κ1) is 15.9. The van der Waals surface area contributed by atoms with Gasteiger partial charge in [-0.2, -0.15) is 0 Å². The van der Waals surface area contributed by atoms with Gasteiger partial charge in [0.2, 0.25) is 0 Å². The van der Waals surface area contributed by atoms with Gasteiger partial charge in [-0.05, 0) is 43.5 Å². The highest BCUT2D eigenvalue weighted by Gasteiger charge is 2.41. The zero-order chi connectivity index (χ0) is 14.8. The Morgan fingerprint density at radius 2 is 2.25 bits per heavy atom. The molecule has 0 aliphatic carbocycles. The van der Waals surface area contributed by atoms with Gasteiger partial charge in [0.15, 0.2) is 0 Å². The normalized spacial score (nSPS) is 26.4. The van der Waals surface area contributed by atoms with Crippen LogP contribution in [0.2, 0.25) is 0 Å². The number of hydrogen-bond donors (Lipinski definition) is 1. The molecule has 0 aromatic heterocycles. The van der Waals surface area contributed by atoms with Crippen molar-refractivity contribution in [2.45, 2.75) is 45.8 Å². The van der Waals surface area contributed by atoms with Crippen molar-refractivity contribution in [1.82, 2.24) is 5.32 Å². The molecule has 4 heteroatoms. The third-order valence-corrected chi connectivity index (χ3v) is 5.02. The van der Waals surface area contributed by atoms with Gasteiger partial charge >= 0.3 is 0 Å². The van der Waals surface area contributed by atoms with Gasteiger partial charge in [0.25, 0.3) is 0 Å². The molecule has 1 aromatic carbocycles. The monoisotopic (exact) mass is 343 g/mol. The van der Waals surface area contributed by atoms with Crippen LogP contribution in [0.15, 0.2) is 22.7 Å². The molecule has 1 saturated heterocycles. The molecule has 1 heterocycles. The molecule has 0 radical (unpaired) electrons. The maximum absolute atomic E-state index is 13.5. The molecule has 2 atom stereocenters. The third-order valence-electron chi connectivity index (χ3n) is 4.24. The molecule has 20 heavy (non-hydrogen) atoms. The summed E-state index contributed by atoms with van der Waals surface area (Å²) in [5.41, 5.74) is 1.06. The molecular formula is C16H23BrFNO. The molecule has 0 spiro atoms. The summed E-state index contributed by atoms with van der Waals surface area (Å²) >= 11 is 3.53. The van der Waals surface area contributed by atoms with Crippen molar-refractivity contribution in [2.24, 2.45) is 5.41 Å². The fourth-order valence-corrected chi connectivity index (χ4v) is 3.20. The Morgan fingerprint density at radius 1 is 1.50 bits per heavy atom. The van der Waals surface area contributed by atoms with Crippen LogP contribution >= 0.6 is 15.9 Å². The van der Waals surface area contributed by atoms with Crippen LogP contribution in [0.1, 0.15) is 32.8 Å². The molecule has 1 fully saturated rings. The second kappa shape index (κ2) is 6.54. The van der Waals surface area contributed by atoms with Gasteiger partial charge in [-0.15, -0.1) is 0 Å². The Kier molecular flexibility index (Phi) is 5.21. The summed E-state index contributed by atoms with van der Waals surface area (Å²) in [6.07, 6.45) is 2.02. The first-order valence-corrected chi connectivity index (χ1v) is 8.01. The Hall–Kier alpha value is -0.450. The average Bonchev–Trinajstić information content (AvgIpc) is 2.73. The summed E-state index contributed by atoms with van der Waals surface area (Å²) in [7, 11) is 0. The van der Waals surface area contributed by atoms with Gasteiger partial charge < -0.3 is 10.1 Å². The maximum atomic E-state index is 13.5. The Morgan fingerprint density at radius 3 is 2.85 bits per heavy atom. The summed E-state index contributed by atoms with van der Waals surface area (Å²) in [5.74, 6) is -0.179. The van der Waals surface area contributed by atoms with E-state index in [-0.39, 0.29) is 17.3 Å². The van der Waals surface area contributed by atoms with E-state index in [2.05, 4.69) is 42.0 Å². The second-order valence-electron chi connectivity index (χ2n) is 6.07. The SMILES string of the molecule is CC(C)NCC1(Cc2cc(F)ccc2Br)CCOC1C. The van der Waals surface area contributed by atoms with E-state index in [0.29, 0.717) is 6.04 Å². The lowest BCUT2D eigenvalue weighted by atomic mass is 9.76. The van der Waals surface area contributed by atoms with Crippen LogP contribution in [0.25, 0.3) is 0 Å². The van der Waals surface area contributed by atoms with Crippen LogP contribution < -0.4 is 5.32 Å². The average molecular weight is 344 g/mol. The Bertz CT molecular complexity index is 466. The van der Waals surface area contributed by atoms with Crippen LogP contribution in [0, 0.1) is 11.2 Å². The van der Waals surface area contributed by atoms with E-state index in [1.54, 1.807) is 12.1 Å². The Balaban J connectivity index is 2.21. The number of hydrogen-bond acceptors (Lipinski definition) is 2. The molecule has 2 nitrogen and oxygen atoms in total. The van der Waals surface area contributed by atoms with Gasteiger partial charge in [0, 0.05) is 29.1 Å². The second-order valence-corrected chi connectivity index (χ2v) is 6.93. The van der Waals surface area contributed by atoms with E-state index < -0.39 is 0 Å². The molecule has 1 aliphatic heterocycles. The van der Waals surface area contributed by atoms with E-state index in [1.165, 1.54) is 6.07 Å². The molecule has 1 N–H and O–H groups in total. The number of rotatable bonds is 5. The minimum atomic E-state index is -0.179. The fraction of sp³-hybridized carbons (Fsp3) is 0.625. The third kappa shape index (κ3) is 3.60. The largest absolute Gasteiger partial charge is 0.378 e. The molecule has 0 bridgehead atoms. The van der Waals surface area contributed by atoms with Crippen molar-refractivity contribution < 1.29 is 9.13 Å². The molecular weight excluding hydrogens is 321 g/mol. The molecule has 112 valence electrons. The number of benzene rings is 1. The predicted molar refractivity (Wildman–Crippen MR) is 83.4 cm³/mol. The van der Waals surface area contributed by atoms with Crippen molar-refractivity contribution in [3.8, 4) is 0 Å². The van der Waals surface area contributed by atoms with Crippen LogP contribution in [-0.4, -0.2) is 25.3 Å². The summed E-state index contributed by atoms with van der Waals surface area (Å²) < 4.78 is 20.3. The van der Waals surface area contributed by atoms with E-state index in [9.17, 15) is 4.39 Å². The van der Waals surface area contributed by atoms with Gasteiger partial charge in [0.05, 0.1) is 6.10 Å². The Labute approximate surface area is 129 Å². The van der Waals surface area contributed by atoms with Crippen molar-refractivity contribution >= 4 is 15.9 Å². The summed E-state index contributed by atoms with van der Waals surface area (Å²) in [6, 6.07) is 5.35. The van der Waals surface area contributed by atoms with E-state index >= 15 is 0 Å². The maximum Gasteiger partial charge on any atom is 0.123 e.